The van der Waals surface area contributed by atoms with Gasteiger partial charge in [0.25, 0.3) is 0 Å². The Bertz CT molecular complexity index is 247. The van der Waals surface area contributed by atoms with E-state index in [0.29, 0.717) is 13.0 Å². The Balaban J connectivity index is 3.00. The Morgan fingerprint density at radius 3 is 2.47 bits per heavy atom. The van der Waals surface area contributed by atoms with E-state index < -0.39 is 11.0 Å². The molecule has 3 nitrogen and oxygen atoms in total. The predicted molar refractivity (Wildman–Crippen MR) is 58.4 cm³/mol. The second-order valence-electron chi connectivity index (χ2n) is 4.74. The Labute approximate surface area is 91.8 Å². The Morgan fingerprint density at radius 1 is 1.53 bits per heavy atom. The Morgan fingerprint density at radius 2 is 2.13 bits per heavy atom. The number of carbonyl (C=O) groups is 1. The molecule has 1 rings (SSSR count). The third kappa shape index (κ3) is 1.67. The fourth-order valence-corrected chi connectivity index (χ4v) is 2.73. The van der Waals surface area contributed by atoms with Crippen molar-refractivity contribution in [3.05, 3.63) is 0 Å². The molecule has 0 amide bonds. The second kappa shape index (κ2) is 4.12. The van der Waals surface area contributed by atoms with Crippen LogP contribution in [0.15, 0.2) is 0 Å². The van der Waals surface area contributed by atoms with Gasteiger partial charge in [-0.05, 0) is 39.0 Å². The highest BCUT2D eigenvalue weighted by molar-refractivity contribution is 5.79. The molecule has 15 heavy (non-hydrogen) atoms. The summed E-state index contributed by atoms with van der Waals surface area (Å²) in [4.78, 5) is 12.0. The van der Waals surface area contributed by atoms with Gasteiger partial charge in [0, 0.05) is 0 Å². The van der Waals surface area contributed by atoms with E-state index in [1.807, 2.05) is 13.8 Å². The van der Waals surface area contributed by atoms with Gasteiger partial charge in [0.1, 0.15) is 0 Å². The lowest BCUT2D eigenvalue weighted by molar-refractivity contribution is -0.173. The first-order valence-electron chi connectivity index (χ1n) is 5.82. The first-order valence-corrected chi connectivity index (χ1v) is 5.82. The van der Waals surface area contributed by atoms with Crippen molar-refractivity contribution in [2.24, 2.45) is 11.3 Å². The van der Waals surface area contributed by atoms with Gasteiger partial charge in [0.2, 0.25) is 0 Å². The van der Waals surface area contributed by atoms with Gasteiger partial charge >= 0.3 is 5.97 Å². The molecule has 1 fully saturated rings. The van der Waals surface area contributed by atoms with Gasteiger partial charge in [-0.2, -0.15) is 0 Å². The van der Waals surface area contributed by atoms with Crippen molar-refractivity contribution in [2.45, 2.75) is 52.6 Å². The molecule has 0 aromatic carbocycles. The molecule has 0 aromatic rings. The minimum atomic E-state index is -0.937. The lowest BCUT2D eigenvalue weighted by Gasteiger charge is -2.39. The summed E-state index contributed by atoms with van der Waals surface area (Å²) in [6.45, 7) is 7.89. The number of hydrogen-bond donors (Lipinski definition) is 1. The van der Waals surface area contributed by atoms with Crippen molar-refractivity contribution >= 4 is 5.97 Å². The average molecular weight is 214 g/mol. The third-order valence-corrected chi connectivity index (χ3v) is 4.20. The van der Waals surface area contributed by atoms with Crippen molar-refractivity contribution < 1.29 is 14.6 Å². The molecule has 0 bridgehead atoms. The second-order valence-corrected chi connectivity index (χ2v) is 4.74. The van der Waals surface area contributed by atoms with Gasteiger partial charge in [-0.3, -0.25) is 4.79 Å². The number of esters is 1. The maximum absolute atomic E-state index is 12.0. The molecule has 0 aromatic heterocycles. The van der Waals surface area contributed by atoms with E-state index in [-0.39, 0.29) is 11.9 Å². The number of carbonyl (C=O) groups excluding carboxylic acids is 1. The summed E-state index contributed by atoms with van der Waals surface area (Å²) in [7, 11) is 0. The van der Waals surface area contributed by atoms with Crippen molar-refractivity contribution in [1.82, 2.24) is 0 Å². The van der Waals surface area contributed by atoms with Crippen LogP contribution in [-0.4, -0.2) is 23.3 Å². The van der Waals surface area contributed by atoms with Crippen LogP contribution in [-0.2, 0) is 9.53 Å². The molecular weight excluding hydrogens is 192 g/mol. The first kappa shape index (κ1) is 12.5. The summed E-state index contributed by atoms with van der Waals surface area (Å²) in [6, 6.07) is 0. The molecular formula is C12H22O3. The number of ether oxygens (including phenoxy) is 1. The summed E-state index contributed by atoms with van der Waals surface area (Å²) in [5.74, 6) is -0.0799. The first-order chi connectivity index (χ1) is 6.92. The van der Waals surface area contributed by atoms with Gasteiger partial charge in [-0.15, -0.1) is 0 Å². The maximum Gasteiger partial charge on any atom is 0.314 e. The van der Waals surface area contributed by atoms with Crippen molar-refractivity contribution in [3.63, 3.8) is 0 Å². The van der Waals surface area contributed by atoms with Crippen LogP contribution < -0.4 is 0 Å². The molecule has 0 radical (unpaired) electrons. The fourth-order valence-electron chi connectivity index (χ4n) is 2.73. The quantitative estimate of drug-likeness (QED) is 0.732. The van der Waals surface area contributed by atoms with Crippen LogP contribution in [0.25, 0.3) is 0 Å². The molecule has 1 N–H and O–H groups in total. The summed E-state index contributed by atoms with van der Waals surface area (Å²) < 4.78 is 5.11. The van der Waals surface area contributed by atoms with E-state index in [1.54, 1.807) is 13.8 Å². The normalized spacial score (nSPS) is 40.5. The van der Waals surface area contributed by atoms with E-state index in [9.17, 15) is 9.90 Å². The molecule has 1 saturated carbocycles. The van der Waals surface area contributed by atoms with Crippen molar-refractivity contribution in [1.29, 1.82) is 0 Å². The maximum atomic E-state index is 12.0. The summed E-state index contributed by atoms with van der Waals surface area (Å²) >= 11 is 0. The zero-order valence-corrected chi connectivity index (χ0v) is 10.2. The Kier molecular flexibility index (Phi) is 3.44. The number of rotatable bonds is 3. The Hall–Kier alpha value is -0.570. The average Bonchev–Trinajstić information content (AvgIpc) is 2.40. The van der Waals surface area contributed by atoms with Crippen LogP contribution in [0.2, 0.25) is 0 Å². The molecule has 1 aliphatic rings. The van der Waals surface area contributed by atoms with E-state index in [4.69, 9.17) is 4.74 Å². The summed E-state index contributed by atoms with van der Waals surface area (Å²) in [5, 5.41) is 10.5. The van der Waals surface area contributed by atoms with Gasteiger partial charge < -0.3 is 9.84 Å². The topological polar surface area (TPSA) is 46.5 Å². The highest BCUT2D eigenvalue weighted by atomic mass is 16.5. The highest BCUT2D eigenvalue weighted by Gasteiger charge is 2.59. The van der Waals surface area contributed by atoms with Gasteiger partial charge in [-0.1, -0.05) is 13.8 Å². The SMILES string of the molecule is CCOC(=O)C1(CC)CCC(C)C1(C)O. The molecule has 1 aliphatic carbocycles. The van der Waals surface area contributed by atoms with E-state index in [1.165, 1.54) is 0 Å². The van der Waals surface area contributed by atoms with Crippen LogP contribution in [0.4, 0.5) is 0 Å². The van der Waals surface area contributed by atoms with E-state index >= 15 is 0 Å². The van der Waals surface area contributed by atoms with Crippen LogP contribution in [0.1, 0.15) is 47.0 Å². The lowest BCUT2D eigenvalue weighted by Crippen LogP contribution is -2.50. The monoisotopic (exact) mass is 214 g/mol. The molecule has 88 valence electrons. The van der Waals surface area contributed by atoms with Gasteiger partial charge in [0.15, 0.2) is 0 Å². The molecule has 0 aliphatic heterocycles. The third-order valence-electron chi connectivity index (χ3n) is 4.20. The molecule has 0 saturated heterocycles. The van der Waals surface area contributed by atoms with Gasteiger partial charge in [-0.25, -0.2) is 0 Å². The number of hydrogen-bond acceptors (Lipinski definition) is 3. The fraction of sp³-hybridized carbons (Fsp3) is 0.917. The smallest absolute Gasteiger partial charge is 0.314 e. The van der Waals surface area contributed by atoms with Crippen LogP contribution in [0.3, 0.4) is 0 Å². The van der Waals surface area contributed by atoms with Crippen molar-refractivity contribution in [2.75, 3.05) is 6.61 Å². The van der Waals surface area contributed by atoms with Crippen LogP contribution in [0, 0.1) is 11.3 Å². The highest BCUT2D eigenvalue weighted by Crippen LogP contribution is 2.52. The van der Waals surface area contributed by atoms with Crippen LogP contribution >= 0.6 is 0 Å². The minimum Gasteiger partial charge on any atom is -0.465 e. The molecule has 3 heteroatoms. The van der Waals surface area contributed by atoms with Gasteiger partial charge in [0.05, 0.1) is 17.6 Å². The molecule has 0 heterocycles. The predicted octanol–water partition coefficient (Wildman–Crippen LogP) is 2.13. The minimum absolute atomic E-state index is 0.154. The molecule has 3 atom stereocenters. The zero-order valence-electron chi connectivity index (χ0n) is 10.2. The lowest BCUT2D eigenvalue weighted by atomic mass is 9.71. The summed E-state index contributed by atoms with van der Waals surface area (Å²) in [5.41, 5.74) is -1.63. The zero-order chi connectivity index (χ0) is 11.7. The van der Waals surface area contributed by atoms with E-state index in [2.05, 4.69) is 0 Å². The summed E-state index contributed by atoms with van der Waals surface area (Å²) in [6.07, 6.45) is 2.26. The molecule has 3 unspecified atom stereocenters. The van der Waals surface area contributed by atoms with Crippen molar-refractivity contribution in [3.8, 4) is 0 Å². The number of aliphatic hydroxyl groups is 1. The van der Waals surface area contributed by atoms with E-state index in [0.717, 1.165) is 12.8 Å². The molecule has 0 spiro atoms. The standard InChI is InChI=1S/C12H22O3/c1-5-12(10(13)15-6-2)8-7-9(3)11(12,4)14/h9,14H,5-8H2,1-4H3. The largest absolute Gasteiger partial charge is 0.465 e. The van der Waals surface area contributed by atoms with Crippen LogP contribution in [0.5, 0.6) is 0 Å².